The second kappa shape index (κ2) is 5.23. The van der Waals surface area contributed by atoms with E-state index in [2.05, 4.69) is 4.98 Å². The summed E-state index contributed by atoms with van der Waals surface area (Å²) < 4.78 is 0. The molecular formula is C14H12N2O2. The van der Waals surface area contributed by atoms with Gasteiger partial charge in [0.15, 0.2) is 0 Å². The molecule has 0 saturated heterocycles. The van der Waals surface area contributed by atoms with Crippen molar-refractivity contribution in [3.8, 4) is 0 Å². The Bertz CT molecular complexity index is 592. The van der Waals surface area contributed by atoms with E-state index in [1.54, 1.807) is 42.7 Å². The molecule has 1 aromatic heterocycles. The summed E-state index contributed by atoms with van der Waals surface area (Å²) in [5, 5.41) is 11.1. The fourth-order valence-corrected chi connectivity index (χ4v) is 1.62. The first kappa shape index (κ1) is 12.0. The summed E-state index contributed by atoms with van der Waals surface area (Å²) in [6.45, 7) is 1.90. The van der Waals surface area contributed by atoms with Crippen LogP contribution in [0.3, 0.4) is 0 Å². The van der Waals surface area contributed by atoms with Crippen molar-refractivity contribution < 1.29 is 4.92 Å². The lowest BCUT2D eigenvalue weighted by Gasteiger charge is -2.01. The van der Waals surface area contributed by atoms with E-state index in [9.17, 15) is 10.1 Å². The van der Waals surface area contributed by atoms with Gasteiger partial charge in [-0.25, -0.2) is 0 Å². The Kier molecular flexibility index (Phi) is 3.48. The lowest BCUT2D eigenvalue weighted by atomic mass is 10.1. The van der Waals surface area contributed by atoms with Crippen LogP contribution >= 0.6 is 0 Å². The van der Waals surface area contributed by atoms with Crippen molar-refractivity contribution in [2.45, 2.75) is 6.92 Å². The molecule has 0 atom stereocenters. The van der Waals surface area contributed by atoms with E-state index in [0.29, 0.717) is 5.56 Å². The van der Waals surface area contributed by atoms with Crippen molar-refractivity contribution >= 4 is 11.8 Å². The largest absolute Gasteiger partial charge is 0.277 e. The standard InChI is InChI=1S/C14H12N2O2/c1-11-7-8-15-10-13(11)9-14(16(17)18)12-5-3-2-4-6-12/h2-10H,1H3/b14-9+. The zero-order valence-corrected chi connectivity index (χ0v) is 9.91. The summed E-state index contributed by atoms with van der Waals surface area (Å²) in [5.74, 6) is 0. The highest BCUT2D eigenvalue weighted by Gasteiger charge is 2.14. The highest BCUT2D eigenvalue weighted by molar-refractivity contribution is 5.77. The van der Waals surface area contributed by atoms with Crippen LogP contribution in [0.2, 0.25) is 0 Å². The molecule has 1 heterocycles. The van der Waals surface area contributed by atoms with E-state index in [4.69, 9.17) is 0 Å². The van der Waals surface area contributed by atoms with Gasteiger partial charge in [0.2, 0.25) is 0 Å². The molecule has 0 saturated carbocycles. The molecule has 0 amide bonds. The fraction of sp³-hybridized carbons (Fsp3) is 0.0714. The number of benzene rings is 1. The molecule has 0 aliphatic heterocycles. The van der Waals surface area contributed by atoms with E-state index < -0.39 is 0 Å². The predicted octanol–water partition coefficient (Wildman–Crippen LogP) is 3.16. The van der Waals surface area contributed by atoms with Crippen molar-refractivity contribution in [2.75, 3.05) is 0 Å². The Morgan fingerprint density at radius 3 is 2.61 bits per heavy atom. The van der Waals surface area contributed by atoms with Crippen LogP contribution in [-0.2, 0) is 0 Å². The molecule has 0 aliphatic rings. The highest BCUT2D eigenvalue weighted by atomic mass is 16.6. The zero-order chi connectivity index (χ0) is 13.0. The van der Waals surface area contributed by atoms with Gasteiger partial charge in [-0.3, -0.25) is 15.1 Å². The molecule has 0 bridgehead atoms. The molecule has 0 spiro atoms. The number of hydrogen-bond acceptors (Lipinski definition) is 3. The number of nitrogens with zero attached hydrogens (tertiary/aromatic N) is 2. The first-order valence-corrected chi connectivity index (χ1v) is 5.50. The van der Waals surface area contributed by atoms with Gasteiger partial charge in [0, 0.05) is 24.0 Å². The fourth-order valence-electron chi connectivity index (χ4n) is 1.62. The third-order valence-corrected chi connectivity index (χ3v) is 2.64. The number of pyridine rings is 1. The van der Waals surface area contributed by atoms with E-state index >= 15 is 0 Å². The minimum absolute atomic E-state index is 0.0756. The van der Waals surface area contributed by atoms with Crippen LogP contribution < -0.4 is 0 Å². The van der Waals surface area contributed by atoms with Crippen molar-refractivity contribution in [2.24, 2.45) is 0 Å². The molecule has 0 aliphatic carbocycles. The lowest BCUT2D eigenvalue weighted by Crippen LogP contribution is -1.98. The van der Waals surface area contributed by atoms with Crippen LogP contribution in [0.25, 0.3) is 11.8 Å². The first-order chi connectivity index (χ1) is 8.68. The minimum atomic E-state index is -0.373. The third-order valence-electron chi connectivity index (χ3n) is 2.64. The third kappa shape index (κ3) is 2.60. The average molecular weight is 240 g/mol. The molecule has 1 aromatic carbocycles. The Labute approximate surface area is 105 Å². The van der Waals surface area contributed by atoms with Crippen LogP contribution in [0.4, 0.5) is 0 Å². The van der Waals surface area contributed by atoms with Gasteiger partial charge in [-0.05, 0) is 30.7 Å². The van der Waals surface area contributed by atoms with Gasteiger partial charge in [0.05, 0.1) is 10.5 Å². The molecule has 0 N–H and O–H groups in total. The maximum absolute atomic E-state index is 11.1. The first-order valence-electron chi connectivity index (χ1n) is 5.50. The normalized spacial score (nSPS) is 11.3. The molecule has 90 valence electrons. The Morgan fingerprint density at radius 1 is 1.28 bits per heavy atom. The van der Waals surface area contributed by atoms with Crippen molar-refractivity contribution in [3.05, 3.63) is 75.6 Å². The smallest absolute Gasteiger partial charge is 0.264 e. The number of hydrogen-bond donors (Lipinski definition) is 0. The molecule has 0 fully saturated rings. The lowest BCUT2D eigenvalue weighted by molar-refractivity contribution is -0.374. The number of aryl methyl sites for hydroxylation is 1. The van der Waals surface area contributed by atoms with E-state index in [1.807, 2.05) is 19.1 Å². The summed E-state index contributed by atoms with van der Waals surface area (Å²) in [4.78, 5) is 14.7. The molecule has 2 aromatic rings. The second-order valence-electron chi connectivity index (χ2n) is 3.88. The van der Waals surface area contributed by atoms with Gasteiger partial charge in [-0.15, -0.1) is 0 Å². The topological polar surface area (TPSA) is 56.0 Å². The van der Waals surface area contributed by atoms with Gasteiger partial charge in [-0.1, -0.05) is 18.2 Å². The van der Waals surface area contributed by atoms with Crippen LogP contribution in [-0.4, -0.2) is 9.91 Å². The van der Waals surface area contributed by atoms with Gasteiger partial charge in [-0.2, -0.15) is 0 Å². The monoisotopic (exact) mass is 240 g/mol. The minimum Gasteiger partial charge on any atom is -0.264 e. The van der Waals surface area contributed by atoms with E-state index in [-0.39, 0.29) is 10.6 Å². The highest BCUT2D eigenvalue weighted by Crippen LogP contribution is 2.19. The zero-order valence-electron chi connectivity index (χ0n) is 9.91. The maximum Gasteiger partial charge on any atom is 0.277 e. The Balaban J connectivity index is 2.50. The van der Waals surface area contributed by atoms with Crippen molar-refractivity contribution in [1.29, 1.82) is 0 Å². The van der Waals surface area contributed by atoms with Crippen molar-refractivity contribution in [3.63, 3.8) is 0 Å². The molecule has 0 radical (unpaired) electrons. The van der Waals surface area contributed by atoms with Crippen LogP contribution in [0.5, 0.6) is 0 Å². The molecular weight excluding hydrogens is 228 g/mol. The van der Waals surface area contributed by atoms with Crippen LogP contribution in [0.1, 0.15) is 16.7 Å². The van der Waals surface area contributed by atoms with E-state index in [0.717, 1.165) is 11.1 Å². The Hall–Kier alpha value is -2.49. The molecule has 18 heavy (non-hydrogen) atoms. The molecule has 2 rings (SSSR count). The molecule has 4 nitrogen and oxygen atoms in total. The predicted molar refractivity (Wildman–Crippen MR) is 70.3 cm³/mol. The van der Waals surface area contributed by atoms with Crippen LogP contribution in [0.15, 0.2) is 48.8 Å². The summed E-state index contributed by atoms with van der Waals surface area (Å²) >= 11 is 0. The SMILES string of the molecule is Cc1ccncc1/C=C(\c1ccccc1)[N+](=O)[O-]. The second-order valence-corrected chi connectivity index (χ2v) is 3.88. The van der Waals surface area contributed by atoms with Crippen molar-refractivity contribution in [1.82, 2.24) is 4.98 Å². The van der Waals surface area contributed by atoms with Gasteiger partial charge in [0.1, 0.15) is 0 Å². The van der Waals surface area contributed by atoms with Crippen LogP contribution in [0, 0.1) is 17.0 Å². The summed E-state index contributed by atoms with van der Waals surface area (Å²) in [6, 6.07) is 10.7. The quantitative estimate of drug-likeness (QED) is 0.611. The molecule has 4 heteroatoms. The van der Waals surface area contributed by atoms with E-state index in [1.165, 1.54) is 0 Å². The number of nitro groups is 1. The summed E-state index contributed by atoms with van der Waals surface area (Å²) in [7, 11) is 0. The summed E-state index contributed by atoms with van der Waals surface area (Å²) in [6.07, 6.45) is 4.85. The molecule has 0 unspecified atom stereocenters. The average Bonchev–Trinajstić information content (AvgIpc) is 2.38. The van der Waals surface area contributed by atoms with Gasteiger partial charge >= 0.3 is 0 Å². The number of rotatable bonds is 3. The Morgan fingerprint density at radius 2 is 2.00 bits per heavy atom. The van der Waals surface area contributed by atoms with Gasteiger partial charge < -0.3 is 0 Å². The number of aromatic nitrogens is 1. The summed E-state index contributed by atoms with van der Waals surface area (Å²) in [5.41, 5.74) is 2.38. The van der Waals surface area contributed by atoms with Gasteiger partial charge in [0.25, 0.3) is 5.70 Å². The maximum atomic E-state index is 11.1.